The average Bonchev–Trinajstić information content (AvgIpc) is 2.53. The molecule has 0 saturated carbocycles. The number of ether oxygens (including phenoxy) is 1. The van der Waals surface area contributed by atoms with Crippen LogP contribution < -0.4 is 10.1 Å². The lowest BCUT2D eigenvalue weighted by molar-refractivity contribution is -0.384. The Morgan fingerprint density at radius 1 is 1.32 bits per heavy atom. The van der Waals surface area contributed by atoms with Crippen molar-refractivity contribution in [1.82, 2.24) is 4.98 Å². The second-order valence-corrected chi connectivity index (χ2v) is 4.03. The molecule has 1 heterocycles. The van der Waals surface area contributed by atoms with Crippen LogP contribution >= 0.6 is 0 Å². The first-order valence-electron chi connectivity index (χ1n) is 6.10. The Balaban J connectivity index is 2.27. The van der Waals surface area contributed by atoms with Crippen LogP contribution in [0.4, 0.5) is 11.4 Å². The van der Waals surface area contributed by atoms with Crippen molar-refractivity contribution in [2.75, 3.05) is 12.4 Å². The standard InChI is InChI=1S/C13H11N5O4/c1-14-12-3-2-10(7-13(12)18(20)21)22-11-4-5-15-9(6-11)8-16-17-19/h2-8,14H,1H3/b16-8+. The molecule has 9 heteroatoms. The normalized spacial score (nSPS) is 10.4. The number of pyridine rings is 1. The Kier molecular flexibility index (Phi) is 4.70. The zero-order valence-corrected chi connectivity index (χ0v) is 11.5. The second-order valence-electron chi connectivity index (χ2n) is 4.03. The van der Waals surface area contributed by atoms with Gasteiger partial charge in [-0.1, -0.05) is 0 Å². The summed E-state index contributed by atoms with van der Waals surface area (Å²) in [6.45, 7) is 0. The number of aromatic nitrogens is 1. The molecule has 0 saturated heterocycles. The maximum absolute atomic E-state index is 11.0. The third-order valence-electron chi connectivity index (χ3n) is 2.66. The van der Waals surface area contributed by atoms with Gasteiger partial charge in [-0.3, -0.25) is 15.1 Å². The molecule has 1 N–H and O–H groups in total. The van der Waals surface area contributed by atoms with Gasteiger partial charge < -0.3 is 10.1 Å². The van der Waals surface area contributed by atoms with Gasteiger partial charge in [-0.05, 0) is 18.2 Å². The monoisotopic (exact) mass is 301 g/mol. The van der Waals surface area contributed by atoms with Gasteiger partial charge in [-0.2, -0.15) is 0 Å². The molecule has 1 aromatic heterocycles. The Morgan fingerprint density at radius 2 is 2.09 bits per heavy atom. The van der Waals surface area contributed by atoms with Gasteiger partial charge in [0.15, 0.2) is 0 Å². The lowest BCUT2D eigenvalue weighted by Crippen LogP contribution is -1.97. The van der Waals surface area contributed by atoms with Crippen molar-refractivity contribution in [2.24, 2.45) is 10.4 Å². The number of nitrogens with one attached hydrogen (secondary N) is 1. The molecule has 0 aliphatic carbocycles. The third-order valence-corrected chi connectivity index (χ3v) is 2.66. The quantitative estimate of drug-likeness (QED) is 0.379. The molecule has 0 aliphatic rings. The minimum Gasteiger partial charge on any atom is -0.457 e. The van der Waals surface area contributed by atoms with Crippen LogP contribution in [0.1, 0.15) is 5.69 Å². The largest absolute Gasteiger partial charge is 0.457 e. The summed E-state index contributed by atoms with van der Waals surface area (Å²) in [4.78, 5) is 24.4. The number of hydrogen-bond acceptors (Lipinski definition) is 7. The Hall–Kier alpha value is -3.36. The molecule has 0 fully saturated rings. The minimum absolute atomic E-state index is 0.0963. The molecule has 0 spiro atoms. The van der Waals surface area contributed by atoms with Crippen molar-refractivity contribution >= 4 is 17.6 Å². The number of hydrogen-bond donors (Lipinski definition) is 1. The van der Waals surface area contributed by atoms with Gasteiger partial charge in [0.1, 0.15) is 17.2 Å². The van der Waals surface area contributed by atoms with Crippen molar-refractivity contribution in [2.45, 2.75) is 0 Å². The van der Waals surface area contributed by atoms with Crippen LogP contribution in [0.2, 0.25) is 0 Å². The van der Waals surface area contributed by atoms with E-state index >= 15 is 0 Å². The highest BCUT2D eigenvalue weighted by Crippen LogP contribution is 2.31. The molecule has 9 nitrogen and oxygen atoms in total. The zero-order valence-electron chi connectivity index (χ0n) is 11.5. The van der Waals surface area contributed by atoms with Crippen molar-refractivity contribution in [1.29, 1.82) is 0 Å². The summed E-state index contributed by atoms with van der Waals surface area (Å²) in [5.41, 5.74) is 0.663. The van der Waals surface area contributed by atoms with E-state index in [4.69, 9.17) is 4.74 Å². The van der Waals surface area contributed by atoms with Crippen molar-refractivity contribution < 1.29 is 9.66 Å². The smallest absolute Gasteiger partial charge is 0.296 e. The molecular formula is C13H11N5O4. The fraction of sp³-hybridized carbons (Fsp3) is 0.0769. The minimum atomic E-state index is -0.501. The van der Waals surface area contributed by atoms with Gasteiger partial charge in [0, 0.05) is 19.3 Å². The van der Waals surface area contributed by atoms with Gasteiger partial charge in [-0.25, -0.2) is 0 Å². The summed E-state index contributed by atoms with van der Waals surface area (Å²) in [5, 5.41) is 19.3. The number of nitroso groups, excluding NO2 is 1. The molecule has 0 aliphatic heterocycles. The van der Waals surface area contributed by atoms with Crippen LogP contribution in [-0.2, 0) is 0 Å². The number of benzene rings is 1. The summed E-state index contributed by atoms with van der Waals surface area (Å²) in [6.07, 6.45) is 2.63. The maximum Gasteiger partial charge on any atom is 0.296 e. The molecule has 0 radical (unpaired) electrons. The van der Waals surface area contributed by atoms with E-state index in [2.05, 4.69) is 20.7 Å². The molecule has 1 aromatic carbocycles. The molecule has 0 bridgehead atoms. The van der Waals surface area contributed by atoms with E-state index in [-0.39, 0.29) is 5.69 Å². The molecule has 2 aromatic rings. The first-order valence-corrected chi connectivity index (χ1v) is 6.10. The second kappa shape index (κ2) is 6.88. The van der Waals surface area contributed by atoms with Crippen LogP contribution in [0, 0.1) is 15.0 Å². The zero-order chi connectivity index (χ0) is 15.9. The lowest BCUT2D eigenvalue weighted by atomic mass is 10.2. The number of nitro benzene ring substituents is 1. The first kappa shape index (κ1) is 15.0. The third kappa shape index (κ3) is 3.60. The van der Waals surface area contributed by atoms with E-state index < -0.39 is 4.92 Å². The van der Waals surface area contributed by atoms with Crippen LogP contribution in [0.5, 0.6) is 11.5 Å². The number of anilines is 1. The van der Waals surface area contributed by atoms with E-state index in [1.165, 1.54) is 24.5 Å². The Labute approximate surface area is 124 Å². The summed E-state index contributed by atoms with van der Waals surface area (Å²) >= 11 is 0. The highest BCUT2D eigenvalue weighted by atomic mass is 16.6. The van der Waals surface area contributed by atoms with Gasteiger partial charge in [0.2, 0.25) is 0 Å². The predicted octanol–water partition coefficient (Wildman–Crippen LogP) is 2.92. The maximum atomic E-state index is 11.0. The van der Waals surface area contributed by atoms with Crippen LogP contribution in [-0.4, -0.2) is 23.2 Å². The highest BCUT2D eigenvalue weighted by Gasteiger charge is 2.14. The van der Waals surface area contributed by atoms with E-state index in [0.717, 1.165) is 0 Å². The first-order chi connectivity index (χ1) is 10.6. The molecular weight excluding hydrogens is 290 g/mol. The molecule has 22 heavy (non-hydrogen) atoms. The highest BCUT2D eigenvalue weighted by molar-refractivity contribution is 5.77. The number of nitro groups is 1. The van der Waals surface area contributed by atoms with Crippen LogP contribution in [0.3, 0.4) is 0 Å². The van der Waals surface area contributed by atoms with Crippen LogP contribution in [0.15, 0.2) is 46.9 Å². The van der Waals surface area contributed by atoms with E-state index in [1.807, 2.05) is 0 Å². The van der Waals surface area contributed by atoms with Gasteiger partial charge >= 0.3 is 0 Å². The fourth-order valence-corrected chi connectivity index (χ4v) is 1.72. The molecule has 0 unspecified atom stereocenters. The predicted molar refractivity (Wildman–Crippen MR) is 80.3 cm³/mol. The van der Waals surface area contributed by atoms with Gasteiger partial charge in [-0.15, -0.1) is 10.0 Å². The van der Waals surface area contributed by atoms with Gasteiger partial charge in [0.05, 0.1) is 28.2 Å². The SMILES string of the molecule is CNc1ccc(Oc2ccnc(/C=N/N=O)c2)cc1[N+](=O)[O-]. The molecule has 112 valence electrons. The number of rotatable bonds is 6. The molecule has 0 amide bonds. The topological polar surface area (TPSA) is 119 Å². The van der Waals surface area contributed by atoms with Crippen molar-refractivity contribution in [3.8, 4) is 11.5 Å². The van der Waals surface area contributed by atoms with Crippen molar-refractivity contribution in [3.63, 3.8) is 0 Å². The molecule has 0 atom stereocenters. The summed E-state index contributed by atoms with van der Waals surface area (Å²) in [7, 11) is 1.60. The lowest BCUT2D eigenvalue weighted by Gasteiger charge is -2.08. The Morgan fingerprint density at radius 3 is 2.77 bits per heavy atom. The van der Waals surface area contributed by atoms with Crippen molar-refractivity contribution in [3.05, 3.63) is 57.2 Å². The Bertz CT molecular complexity index is 732. The molecule has 2 rings (SSSR count). The van der Waals surface area contributed by atoms with E-state index in [0.29, 0.717) is 22.9 Å². The van der Waals surface area contributed by atoms with E-state index in [9.17, 15) is 15.0 Å². The summed E-state index contributed by atoms with van der Waals surface area (Å²) in [6, 6.07) is 7.55. The summed E-state index contributed by atoms with van der Waals surface area (Å²) in [5.74, 6) is 0.696. The van der Waals surface area contributed by atoms with Gasteiger partial charge in [0.25, 0.3) is 5.69 Å². The number of nitrogens with zero attached hydrogens (tertiary/aromatic N) is 4. The fourth-order valence-electron chi connectivity index (χ4n) is 1.72. The van der Waals surface area contributed by atoms with E-state index in [1.54, 1.807) is 25.2 Å². The summed E-state index contributed by atoms with van der Waals surface area (Å²) < 4.78 is 5.55. The van der Waals surface area contributed by atoms with Crippen LogP contribution in [0.25, 0.3) is 0 Å². The average molecular weight is 301 g/mol.